The molecule has 0 saturated carbocycles. The third-order valence-electron chi connectivity index (χ3n) is 3.99. The molecule has 5 heteroatoms. The van der Waals surface area contributed by atoms with E-state index < -0.39 is 13.2 Å². The molecular weight excluding hydrogens is 339 g/mol. The molecule has 0 amide bonds. The van der Waals surface area contributed by atoms with Crippen LogP contribution < -0.4 is 0 Å². The van der Waals surface area contributed by atoms with E-state index in [0.29, 0.717) is 6.61 Å². The van der Waals surface area contributed by atoms with E-state index in [1.54, 1.807) is 0 Å². The zero-order chi connectivity index (χ0) is 15.2. The Morgan fingerprint density at radius 1 is 1.15 bits per heavy atom. The quantitative estimate of drug-likeness (QED) is 0.350. The lowest BCUT2D eigenvalue weighted by Gasteiger charge is -2.27. The van der Waals surface area contributed by atoms with Crippen LogP contribution in [-0.4, -0.2) is 12.2 Å². The van der Waals surface area contributed by atoms with Crippen LogP contribution in [-0.2, 0) is 13.6 Å². The van der Waals surface area contributed by atoms with Gasteiger partial charge in [0.15, 0.2) is 0 Å². The van der Waals surface area contributed by atoms with E-state index >= 15 is 0 Å². The summed E-state index contributed by atoms with van der Waals surface area (Å²) in [5, 5.41) is 0.874. The lowest BCUT2D eigenvalue weighted by molar-refractivity contribution is 0.0939. The molecule has 0 radical (unpaired) electrons. The smallest absolute Gasteiger partial charge is 0.306 e. The minimum Gasteiger partial charge on any atom is -0.306 e. The molecule has 118 valence electrons. The van der Waals surface area contributed by atoms with E-state index in [4.69, 9.17) is 9.05 Å². The van der Waals surface area contributed by atoms with E-state index in [-0.39, 0.29) is 0 Å². The highest BCUT2D eigenvalue weighted by atomic mass is 79.9. The Morgan fingerprint density at radius 2 is 1.80 bits per heavy atom. The first-order valence-corrected chi connectivity index (χ1v) is 10.2. The summed E-state index contributed by atoms with van der Waals surface area (Å²) in [7, 11) is -3.11. The van der Waals surface area contributed by atoms with Gasteiger partial charge in [-0.05, 0) is 32.6 Å². The molecule has 0 spiro atoms. The van der Waals surface area contributed by atoms with E-state index in [0.717, 1.165) is 41.9 Å². The zero-order valence-corrected chi connectivity index (χ0v) is 15.7. The minimum absolute atomic E-state index is 0.416. The summed E-state index contributed by atoms with van der Waals surface area (Å²) >= 11 is 3.67. The van der Waals surface area contributed by atoms with Gasteiger partial charge in [0, 0.05) is 4.48 Å². The van der Waals surface area contributed by atoms with Gasteiger partial charge in [-0.2, -0.15) is 0 Å². The van der Waals surface area contributed by atoms with Gasteiger partial charge in [-0.15, -0.1) is 0 Å². The Bertz CT molecular complexity index is 389. The second-order valence-corrected chi connectivity index (χ2v) is 8.05. The Morgan fingerprint density at radius 3 is 2.30 bits per heavy atom. The van der Waals surface area contributed by atoms with E-state index in [1.165, 1.54) is 12.8 Å². The third-order valence-corrected chi connectivity index (χ3v) is 7.79. The van der Waals surface area contributed by atoms with Gasteiger partial charge in [-0.3, -0.25) is 9.09 Å². The van der Waals surface area contributed by atoms with Crippen molar-refractivity contribution in [1.82, 2.24) is 0 Å². The first-order chi connectivity index (χ1) is 9.49. The first-order valence-electron chi connectivity index (χ1n) is 7.84. The van der Waals surface area contributed by atoms with Gasteiger partial charge in [0.2, 0.25) is 0 Å². The van der Waals surface area contributed by atoms with Crippen LogP contribution >= 0.6 is 23.5 Å². The van der Waals surface area contributed by atoms with E-state index in [2.05, 4.69) is 36.7 Å². The summed E-state index contributed by atoms with van der Waals surface area (Å²) in [6.07, 6.45) is 7.05. The topological polar surface area (TPSA) is 35.5 Å². The largest absolute Gasteiger partial charge is 0.359 e. The molecule has 0 fully saturated rings. The Labute approximate surface area is 132 Å². The molecule has 0 N–H and O–H groups in total. The van der Waals surface area contributed by atoms with Crippen LogP contribution in [0.1, 0.15) is 72.6 Å². The number of unbranched alkanes of at least 4 members (excludes halogenated alkanes) is 3. The van der Waals surface area contributed by atoms with Crippen molar-refractivity contribution < 1.29 is 13.6 Å². The molecule has 3 nitrogen and oxygen atoms in total. The van der Waals surface area contributed by atoms with Crippen molar-refractivity contribution >= 4 is 23.5 Å². The highest BCUT2D eigenvalue weighted by Gasteiger charge is 2.51. The van der Waals surface area contributed by atoms with Crippen molar-refractivity contribution in [2.75, 3.05) is 6.61 Å². The molecule has 0 aliphatic carbocycles. The maximum atomic E-state index is 13.0. The van der Waals surface area contributed by atoms with Gasteiger partial charge in [0.1, 0.15) is 5.60 Å². The summed E-state index contributed by atoms with van der Waals surface area (Å²) in [5.41, 5.74) is -0.454. The average Bonchev–Trinajstić information content (AvgIpc) is 2.65. The summed E-state index contributed by atoms with van der Waals surface area (Å²) in [5.74, 6) is 0. The van der Waals surface area contributed by atoms with Gasteiger partial charge < -0.3 is 4.52 Å². The van der Waals surface area contributed by atoms with Crippen LogP contribution in [0.4, 0.5) is 0 Å². The van der Waals surface area contributed by atoms with Gasteiger partial charge >= 0.3 is 7.60 Å². The summed E-state index contributed by atoms with van der Waals surface area (Å²) in [6, 6.07) is 0. The van der Waals surface area contributed by atoms with Crippen LogP contribution in [0, 0.1) is 0 Å². The van der Waals surface area contributed by atoms with E-state index in [9.17, 15) is 4.57 Å². The molecule has 1 rings (SSSR count). The predicted octanol–water partition coefficient (Wildman–Crippen LogP) is 6.38. The highest BCUT2D eigenvalue weighted by molar-refractivity contribution is 9.11. The monoisotopic (exact) mass is 366 g/mol. The van der Waals surface area contributed by atoms with Crippen molar-refractivity contribution in [3.63, 3.8) is 0 Å². The molecule has 20 heavy (non-hydrogen) atoms. The fraction of sp³-hybridized carbons (Fsp3) is 0.867. The average molecular weight is 367 g/mol. The molecule has 1 heterocycles. The van der Waals surface area contributed by atoms with Gasteiger partial charge in [-0.1, -0.05) is 56.0 Å². The molecule has 0 aromatic heterocycles. The SMILES string of the molecule is CCCCCCC1=C(Br)C(CC)(CC)OP1(=O)OCC. The number of hydrogen-bond acceptors (Lipinski definition) is 3. The summed E-state index contributed by atoms with van der Waals surface area (Å²) < 4.78 is 25.5. The van der Waals surface area contributed by atoms with Crippen LogP contribution in [0.25, 0.3) is 0 Å². The first kappa shape index (κ1) is 18.4. The summed E-state index contributed by atoms with van der Waals surface area (Å²) in [4.78, 5) is 0. The molecule has 1 aliphatic heterocycles. The van der Waals surface area contributed by atoms with Crippen molar-refractivity contribution in [3.05, 3.63) is 9.80 Å². The molecule has 1 unspecified atom stereocenters. The van der Waals surface area contributed by atoms with Crippen molar-refractivity contribution in [1.29, 1.82) is 0 Å². The lowest BCUT2D eigenvalue weighted by Crippen LogP contribution is -2.26. The Hall–Kier alpha value is 0.370. The van der Waals surface area contributed by atoms with Crippen molar-refractivity contribution in [2.45, 2.75) is 78.2 Å². The molecular formula is C15H28BrO3P. The number of halogens is 1. The fourth-order valence-corrected chi connectivity index (χ4v) is 6.60. The molecule has 0 saturated heterocycles. The van der Waals surface area contributed by atoms with E-state index in [1.807, 2.05) is 6.92 Å². The Balaban J connectivity index is 2.96. The molecule has 0 aromatic carbocycles. The second kappa shape index (κ2) is 8.12. The normalized spacial score (nSPS) is 25.4. The van der Waals surface area contributed by atoms with Gasteiger partial charge in [0.25, 0.3) is 0 Å². The lowest BCUT2D eigenvalue weighted by atomic mass is 9.96. The predicted molar refractivity (Wildman–Crippen MR) is 88.3 cm³/mol. The Kier molecular flexibility index (Phi) is 7.48. The van der Waals surface area contributed by atoms with Gasteiger partial charge in [-0.25, -0.2) is 0 Å². The fourth-order valence-electron chi connectivity index (χ4n) is 2.64. The zero-order valence-electron chi connectivity index (χ0n) is 13.2. The van der Waals surface area contributed by atoms with Crippen LogP contribution in [0.2, 0.25) is 0 Å². The van der Waals surface area contributed by atoms with Crippen molar-refractivity contribution in [3.8, 4) is 0 Å². The maximum absolute atomic E-state index is 13.0. The van der Waals surface area contributed by atoms with Gasteiger partial charge in [0.05, 0.1) is 11.9 Å². The number of hydrogen-bond donors (Lipinski definition) is 0. The third kappa shape index (κ3) is 3.76. The summed E-state index contributed by atoms with van der Waals surface area (Å²) in [6.45, 7) is 8.61. The molecule has 0 bridgehead atoms. The second-order valence-electron chi connectivity index (χ2n) is 5.28. The number of allylic oxidation sites excluding steroid dienone is 1. The van der Waals surface area contributed by atoms with Crippen LogP contribution in [0.3, 0.4) is 0 Å². The van der Waals surface area contributed by atoms with Crippen LogP contribution in [0.15, 0.2) is 9.80 Å². The highest BCUT2D eigenvalue weighted by Crippen LogP contribution is 2.70. The van der Waals surface area contributed by atoms with Crippen LogP contribution in [0.5, 0.6) is 0 Å². The van der Waals surface area contributed by atoms with Crippen molar-refractivity contribution in [2.24, 2.45) is 0 Å². The molecule has 0 aromatic rings. The molecule has 1 aliphatic rings. The standard InChI is InChI=1S/C15H28BrO3P/c1-5-9-10-11-12-13-14(16)15(6-2,7-3)19-20(13,17)18-8-4/h5-12H2,1-4H3. The molecule has 1 atom stereocenters. The number of rotatable bonds is 9. The minimum atomic E-state index is -3.11. The maximum Gasteiger partial charge on any atom is 0.359 e.